The number of urea groups is 1. The molecule has 1 aliphatic rings. The standard InChI is InChI=1S/C10H19N3O2/c1-12(2)9(15)13(3)10(8(11)14)6-4-5-7-10/h4-7H2,1-3H3,(H2,11,14). The largest absolute Gasteiger partial charge is 0.368 e. The molecule has 3 amide bonds. The second kappa shape index (κ2) is 4.08. The van der Waals surface area contributed by atoms with Gasteiger partial charge in [-0.15, -0.1) is 0 Å². The van der Waals surface area contributed by atoms with Gasteiger partial charge in [-0.3, -0.25) is 4.79 Å². The van der Waals surface area contributed by atoms with Crippen molar-refractivity contribution >= 4 is 11.9 Å². The third kappa shape index (κ3) is 1.91. The van der Waals surface area contributed by atoms with E-state index in [1.54, 1.807) is 21.1 Å². The van der Waals surface area contributed by atoms with Crippen molar-refractivity contribution in [3.05, 3.63) is 0 Å². The molecule has 1 rings (SSSR count). The van der Waals surface area contributed by atoms with E-state index in [2.05, 4.69) is 0 Å². The first-order valence-electron chi connectivity index (χ1n) is 5.17. The number of hydrogen-bond donors (Lipinski definition) is 1. The van der Waals surface area contributed by atoms with Gasteiger partial charge in [-0.1, -0.05) is 12.8 Å². The number of carbonyl (C=O) groups excluding carboxylic acids is 2. The number of amides is 3. The van der Waals surface area contributed by atoms with Crippen LogP contribution in [0.1, 0.15) is 25.7 Å². The molecule has 0 radical (unpaired) electrons. The fourth-order valence-corrected chi connectivity index (χ4v) is 2.19. The maximum Gasteiger partial charge on any atom is 0.320 e. The van der Waals surface area contributed by atoms with Gasteiger partial charge in [-0.2, -0.15) is 0 Å². The third-order valence-electron chi connectivity index (χ3n) is 3.20. The van der Waals surface area contributed by atoms with E-state index in [1.807, 2.05) is 0 Å². The van der Waals surface area contributed by atoms with E-state index in [9.17, 15) is 9.59 Å². The Morgan fingerprint density at radius 2 is 1.60 bits per heavy atom. The molecule has 0 atom stereocenters. The topological polar surface area (TPSA) is 66.6 Å². The number of nitrogens with zero attached hydrogens (tertiary/aromatic N) is 2. The summed E-state index contributed by atoms with van der Waals surface area (Å²) in [5, 5.41) is 0. The van der Waals surface area contributed by atoms with Gasteiger partial charge in [0.1, 0.15) is 5.54 Å². The van der Waals surface area contributed by atoms with E-state index < -0.39 is 11.4 Å². The molecule has 2 N–H and O–H groups in total. The Balaban J connectivity index is 2.90. The Kier molecular flexibility index (Phi) is 3.21. The normalized spacial score (nSPS) is 18.6. The lowest BCUT2D eigenvalue weighted by atomic mass is 9.95. The molecule has 0 bridgehead atoms. The molecule has 0 aromatic heterocycles. The molecule has 0 aromatic rings. The molecule has 0 spiro atoms. The Bertz CT molecular complexity index is 270. The fourth-order valence-electron chi connectivity index (χ4n) is 2.19. The van der Waals surface area contributed by atoms with Crippen molar-refractivity contribution in [2.75, 3.05) is 21.1 Å². The summed E-state index contributed by atoms with van der Waals surface area (Å²) < 4.78 is 0. The van der Waals surface area contributed by atoms with Gasteiger partial charge in [0.25, 0.3) is 0 Å². The number of hydrogen-bond acceptors (Lipinski definition) is 2. The van der Waals surface area contributed by atoms with Gasteiger partial charge in [-0.05, 0) is 12.8 Å². The summed E-state index contributed by atoms with van der Waals surface area (Å²) in [6.07, 6.45) is 3.26. The van der Waals surface area contributed by atoms with Crippen molar-refractivity contribution in [2.45, 2.75) is 31.2 Å². The Hall–Kier alpha value is -1.26. The minimum atomic E-state index is -0.763. The summed E-state index contributed by atoms with van der Waals surface area (Å²) >= 11 is 0. The number of nitrogens with two attached hydrogens (primary N) is 1. The zero-order chi connectivity index (χ0) is 11.6. The second-order valence-corrected chi connectivity index (χ2v) is 4.34. The average molecular weight is 213 g/mol. The van der Waals surface area contributed by atoms with Crippen LogP contribution in [-0.4, -0.2) is 48.4 Å². The second-order valence-electron chi connectivity index (χ2n) is 4.34. The van der Waals surface area contributed by atoms with E-state index in [1.165, 1.54) is 9.80 Å². The molecular weight excluding hydrogens is 194 g/mol. The highest BCUT2D eigenvalue weighted by Crippen LogP contribution is 2.34. The van der Waals surface area contributed by atoms with Crippen LogP contribution in [0, 0.1) is 0 Å². The van der Waals surface area contributed by atoms with Crippen LogP contribution >= 0.6 is 0 Å². The Morgan fingerprint density at radius 1 is 1.13 bits per heavy atom. The van der Waals surface area contributed by atoms with Crippen LogP contribution in [0.3, 0.4) is 0 Å². The summed E-state index contributed by atoms with van der Waals surface area (Å²) in [5.41, 5.74) is 4.66. The van der Waals surface area contributed by atoms with Crippen LogP contribution in [0.15, 0.2) is 0 Å². The minimum Gasteiger partial charge on any atom is -0.368 e. The average Bonchev–Trinajstić information content (AvgIpc) is 2.65. The molecule has 0 aliphatic heterocycles. The van der Waals surface area contributed by atoms with Crippen LogP contribution in [0.4, 0.5) is 4.79 Å². The van der Waals surface area contributed by atoms with Crippen molar-refractivity contribution in [2.24, 2.45) is 5.73 Å². The van der Waals surface area contributed by atoms with Gasteiger partial charge >= 0.3 is 6.03 Å². The smallest absolute Gasteiger partial charge is 0.320 e. The molecule has 1 saturated carbocycles. The van der Waals surface area contributed by atoms with E-state index in [4.69, 9.17) is 5.73 Å². The van der Waals surface area contributed by atoms with Gasteiger partial charge < -0.3 is 15.5 Å². The maximum atomic E-state index is 11.8. The zero-order valence-electron chi connectivity index (χ0n) is 9.62. The fraction of sp³-hybridized carbons (Fsp3) is 0.800. The van der Waals surface area contributed by atoms with E-state index in [0.29, 0.717) is 12.8 Å². The highest BCUT2D eigenvalue weighted by molar-refractivity contribution is 5.90. The molecule has 0 heterocycles. The molecule has 5 heteroatoms. The number of rotatable bonds is 2. The summed E-state index contributed by atoms with van der Waals surface area (Å²) in [6.45, 7) is 0. The molecule has 1 aliphatic carbocycles. The van der Waals surface area contributed by atoms with Crippen molar-refractivity contribution in [1.29, 1.82) is 0 Å². The SMILES string of the molecule is CN(C)C(=O)N(C)C1(C(N)=O)CCCC1. The van der Waals surface area contributed by atoms with Gasteiger partial charge in [-0.25, -0.2) is 4.79 Å². The highest BCUT2D eigenvalue weighted by Gasteiger charge is 2.45. The molecule has 86 valence electrons. The van der Waals surface area contributed by atoms with Gasteiger partial charge in [0.15, 0.2) is 0 Å². The van der Waals surface area contributed by atoms with Crippen LogP contribution in [0.2, 0.25) is 0 Å². The van der Waals surface area contributed by atoms with Crippen molar-refractivity contribution in [3.63, 3.8) is 0 Å². The third-order valence-corrected chi connectivity index (χ3v) is 3.20. The van der Waals surface area contributed by atoms with Crippen molar-refractivity contribution in [1.82, 2.24) is 9.80 Å². The molecule has 5 nitrogen and oxygen atoms in total. The van der Waals surface area contributed by atoms with Crippen LogP contribution < -0.4 is 5.73 Å². The van der Waals surface area contributed by atoms with Gasteiger partial charge in [0.05, 0.1) is 0 Å². The van der Waals surface area contributed by atoms with Crippen molar-refractivity contribution in [3.8, 4) is 0 Å². The summed E-state index contributed by atoms with van der Waals surface area (Å²) in [5.74, 6) is -0.391. The van der Waals surface area contributed by atoms with Gasteiger partial charge in [0, 0.05) is 21.1 Å². The summed E-state index contributed by atoms with van der Waals surface area (Å²) in [4.78, 5) is 26.2. The minimum absolute atomic E-state index is 0.171. The van der Waals surface area contributed by atoms with E-state index in [-0.39, 0.29) is 6.03 Å². The summed E-state index contributed by atoms with van der Waals surface area (Å²) in [7, 11) is 4.99. The molecular formula is C10H19N3O2. The van der Waals surface area contributed by atoms with E-state index >= 15 is 0 Å². The molecule has 0 aromatic carbocycles. The lowest BCUT2D eigenvalue weighted by Gasteiger charge is -2.37. The van der Waals surface area contributed by atoms with Crippen molar-refractivity contribution < 1.29 is 9.59 Å². The first kappa shape index (κ1) is 11.8. The Morgan fingerprint density at radius 3 is 1.93 bits per heavy atom. The summed E-state index contributed by atoms with van der Waals surface area (Å²) in [6, 6.07) is -0.171. The number of primary amides is 1. The van der Waals surface area contributed by atoms with E-state index in [0.717, 1.165) is 12.8 Å². The highest BCUT2D eigenvalue weighted by atomic mass is 16.2. The molecule has 0 unspecified atom stereocenters. The zero-order valence-corrected chi connectivity index (χ0v) is 9.62. The molecule has 1 fully saturated rings. The lowest BCUT2D eigenvalue weighted by molar-refractivity contribution is -0.127. The quantitative estimate of drug-likeness (QED) is 0.721. The van der Waals surface area contributed by atoms with Crippen LogP contribution in [-0.2, 0) is 4.79 Å². The molecule has 0 saturated heterocycles. The molecule has 15 heavy (non-hydrogen) atoms. The monoisotopic (exact) mass is 213 g/mol. The van der Waals surface area contributed by atoms with Gasteiger partial charge in [0.2, 0.25) is 5.91 Å². The predicted molar refractivity (Wildman–Crippen MR) is 57.2 cm³/mol. The lowest BCUT2D eigenvalue weighted by Crippen LogP contribution is -2.58. The first-order valence-corrected chi connectivity index (χ1v) is 5.17. The maximum absolute atomic E-state index is 11.8. The number of carbonyl (C=O) groups is 2. The Labute approximate surface area is 90.2 Å². The van der Waals surface area contributed by atoms with Crippen LogP contribution in [0.5, 0.6) is 0 Å². The van der Waals surface area contributed by atoms with Crippen LogP contribution in [0.25, 0.3) is 0 Å². The predicted octanol–water partition coefficient (Wildman–Crippen LogP) is 0.398. The first-order chi connectivity index (χ1) is 6.92. The number of likely N-dealkylation sites (N-methyl/N-ethyl adjacent to an activating group) is 1.